The minimum Gasteiger partial charge on any atom is -0.411 e. The Bertz CT molecular complexity index is 892. The van der Waals surface area contributed by atoms with E-state index in [1.165, 1.54) is 16.4 Å². The molecule has 2 N–H and O–H groups in total. The number of hydrogen-bond acceptors (Lipinski definition) is 5. The Labute approximate surface area is 151 Å². The predicted octanol–water partition coefficient (Wildman–Crippen LogP) is 3.18. The van der Waals surface area contributed by atoms with Gasteiger partial charge < -0.3 is 5.21 Å². The van der Waals surface area contributed by atoms with Crippen LogP contribution >= 0.6 is 11.6 Å². The summed E-state index contributed by atoms with van der Waals surface area (Å²) in [5, 5.41) is 20.2. The zero-order chi connectivity index (χ0) is 18.2. The molecule has 134 valence electrons. The second kappa shape index (κ2) is 6.78. The number of fused-ring (bicyclic) bond motifs is 1. The fourth-order valence-electron chi connectivity index (χ4n) is 3.35. The van der Waals surface area contributed by atoms with Crippen LogP contribution in [0.4, 0.5) is 0 Å². The topological polar surface area (TPSA) is 98.7 Å². The molecule has 1 aliphatic heterocycles. The molecular formula is C16H19ClN4O3S. The van der Waals surface area contributed by atoms with Crippen LogP contribution in [0.5, 0.6) is 0 Å². The number of nitrogens with one attached hydrogen (secondary N) is 1. The minimum atomic E-state index is -3.82. The van der Waals surface area contributed by atoms with Crippen molar-refractivity contribution >= 4 is 27.3 Å². The van der Waals surface area contributed by atoms with Crippen molar-refractivity contribution < 1.29 is 13.6 Å². The number of benzene rings is 1. The highest BCUT2D eigenvalue weighted by Gasteiger charge is 2.45. The average Bonchev–Trinajstić information content (AvgIpc) is 3.09. The van der Waals surface area contributed by atoms with Crippen LogP contribution in [0.2, 0.25) is 5.02 Å². The largest absolute Gasteiger partial charge is 0.411 e. The lowest BCUT2D eigenvalue weighted by Gasteiger charge is -2.40. The Balaban J connectivity index is 2.20. The summed E-state index contributed by atoms with van der Waals surface area (Å²) < 4.78 is 28.1. The van der Waals surface area contributed by atoms with Crippen LogP contribution in [0.1, 0.15) is 44.0 Å². The van der Waals surface area contributed by atoms with Gasteiger partial charge in [-0.05, 0) is 37.1 Å². The quantitative estimate of drug-likeness (QED) is 0.626. The molecular weight excluding hydrogens is 364 g/mol. The number of rotatable bonds is 4. The van der Waals surface area contributed by atoms with Crippen molar-refractivity contribution in [2.45, 2.75) is 43.7 Å². The van der Waals surface area contributed by atoms with Gasteiger partial charge in [0.05, 0.1) is 28.9 Å². The maximum Gasteiger partial charge on any atom is 0.244 e. The molecule has 0 amide bonds. The molecule has 9 heteroatoms. The van der Waals surface area contributed by atoms with E-state index in [4.69, 9.17) is 11.6 Å². The summed E-state index contributed by atoms with van der Waals surface area (Å²) >= 11 is 5.88. The van der Waals surface area contributed by atoms with Crippen molar-refractivity contribution in [1.82, 2.24) is 14.5 Å². The molecule has 0 spiro atoms. The molecule has 2 aromatic rings. The molecule has 7 nitrogen and oxygen atoms in total. The van der Waals surface area contributed by atoms with Crippen LogP contribution in [-0.2, 0) is 10.0 Å². The van der Waals surface area contributed by atoms with Gasteiger partial charge in [0.1, 0.15) is 5.71 Å². The number of nitrogens with zero attached hydrogens (tertiary/aromatic N) is 3. The first kappa shape index (κ1) is 17.9. The molecule has 2 heterocycles. The van der Waals surface area contributed by atoms with Crippen molar-refractivity contribution in [3.05, 3.63) is 46.7 Å². The Hall–Kier alpha value is -1.90. The average molecular weight is 383 g/mol. The van der Waals surface area contributed by atoms with E-state index in [-0.39, 0.29) is 10.6 Å². The maximum absolute atomic E-state index is 13.3. The Morgan fingerprint density at radius 3 is 2.44 bits per heavy atom. The van der Waals surface area contributed by atoms with Gasteiger partial charge in [0.15, 0.2) is 0 Å². The normalized spacial score (nSPS) is 22.9. The molecule has 0 saturated heterocycles. The number of H-pyrrole nitrogens is 1. The number of halogens is 1. The monoisotopic (exact) mass is 382 g/mol. The van der Waals surface area contributed by atoms with Crippen LogP contribution in [-0.4, -0.2) is 39.9 Å². The second-order valence-electron chi connectivity index (χ2n) is 5.82. The molecule has 0 radical (unpaired) electrons. The molecule has 1 aromatic carbocycles. The zero-order valence-corrected chi connectivity index (χ0v) is 15.4. The summed E-state index contributed by atoms with van der Waals surface area (Å²) in [5.41, 5.74) is 1.57. The maximum atomic E-state index is 13.3. The first-order chi connectivity index (χ1) is 12.0. The van der Waals surface area contributed by atoms with E-state index in [0.29, 0.717) is 29.1 Å². The van der Waals surface area contributed by atoms with Gasteiger partial charge in [-0.15, -0.1) is 0 Å². The Morgan fingerprint density at radius 2 is 1.88 bits per heavy atom. The standard InChI is InChI=1S/C16H19ClN4O3S/c1-3-13-12-9-18-19-15(12)16(20-22)14(4-2)21(13)25(23,24)11-7-5-10(17)6-8-11/h5-9,13-14,22H,3-4H2,1-2H3,(H,18,19). The molecule has 2 unspecified atom stereocenters. The van der Waals surface area contributed by atoms with Gasteiger partial charge in [0.2, 0.25) is 10.0 Å². The van der Waals surface area contributed by atoms with Crippen LogP contribution in [0.15, 0.2) is 40.5 Å². The lowest BCUT2D eigenvalue weighted by molar-refractivity contribution is 0.260. The third-order valence-electron chi connectivity index (χ3n) is 4.48. The third kappa shape index (κ3) is 2.84. The highest BCUT2D eigenvalue weighted by molar-refractivity contribution is 7.89. The highest BCUT2D eigenvalue weighted by Crippen LogP contribution is 2.39. The molecule has 2 atom stereocenters. The van der Waals surface area contributed by atoms with Gasteiger partial charge in [-0.1, -0.05) is 30.6 Å². The van der Waals surface area contributed by atoms with Gasteiger partial charge in [0, 0.05) is 10.6 Å². The van der Waals surface area contributed by atoms with Crippen molar-refractivity contribution in [2.75, 3.05) is 0 Å². The van der Waals surface area contributed by atoms with Crippen molar-refractivity contribution in [3.63, 3.8) is 0 Å². The van der Waals surface area contributed by atoms with E-state index >= 15 is 0 Å². The molecule has 25 heavy (non-hydrogen) atoms. The van der Waals surface area contributed by atoms with Crippen molar-refractivity contribution in [1.29, 1.82) is 0 Å². The number of aromatic amines is 1. The van der Waals surface area contributed by atoms with Gasteiger partial charge in [-0.2, -0.15) is 9.40 Å². The fraction of sp³-hybridized carbons (Fsp3) is 0.375. The lowest BCUT2D eigenvalue weighted by atomic mass is 9.92. The Kier molecular flexibility index (Phi) is 4.86. The molecule has 1 aliphatic rings. The lowest BCUT2D eigenvalue weighted by Crippen LogP contribution is -2.50. The van der Waals surface area contributed by atoms with Crippen LogP contribution < -0.4 is 0 Å². The summed E-state index contributed by atoms with van der Waals surface area (Å²) in [5.74, 6) is 0. The second-order valence-corrected chi connectivity index (χ2v) is 8.10. The van der Waals surface area contributed by atoms with Gasteiger partial charge in [0.25, 0.3) is 0 Å². The van der Waals surface area contributed by atoms with Crippen LogP contribution in [0.3, 0.4) is 0 Å². The van der Waals surface area contributed by atoms with Gasteiger partial charge in [-0.25, -0.2) is 8.42 Å². The fourth-order valence-corrected chi connectivity index (χ4v) is 5.38. The van der Waals surface area contributed by atoms with E-state index in [9.17, 15) is 13.6 Å². The predicted molar refractivity (Wildman–Crippen MR) is 94.5 cm³/mol. The van der Waals surface area contributed by atoms with Gasteiger partial charge in [-0.3, -0.25) is 5.10 Å². The number of hydrogen-bond donors (Lipinski definition) is 2. The number of sulfonamides is 1. The Morgan fingerprint density at radius 1 is 1.24 bits per heavy atom. The van der Waals surface area contributed by atoms with E-state index in [1.807, 2.05) is 13.8 Å². The summed E-state index contributed by atoms with van der Waals surface area (Å²) in [6.07, 6.45) is 2.61. The molecule has 0 saturated carbocycles. The van der Waals surface area contributed by atoms with E-state index in [0.717, 1.165) is 0 Å². The van der Waals surface area contributed by atoms with Crippen LogP contribution in [0.25, 0.3) is 0 Å². The van der Waals surface area contributed by atoms with E-state index in [2.05, 4.69) is 15.4 Å². The van der Waals surface area contributed by atoms with E-state index in [1.54, 1.807) is 18.3 Å². The molecule has 1 aromatic heterocycles. The molecule has 0 fully saturated rings. The SMILES string of the molecule is CCC1C(=NO)c2[nH]ncc2C(CC)N1S(=O)(=O)c1ccc(Cl)cc1. The summed E-state index contributed by atoms with van der Waals surface area (Å²) in [6.45, 7) is 3.77. The summed E-state index contributed by atoms with van der Waals surface area (Å²) in [4.78, 5) is 0.151. The first-order valence-corrected chi connectivity index (χ1v) is 9.82. The van der Waals surface area contributed by atoms with Crippen LogP contribution in [0, 0.1) is 0 Å². The molecule has 0 aliphatic carbocycles. The molecule has 0 bridgehead atoms. The number of oxime groups is 1. The smallest absolute Gasteiger partial charge is 0.244 e. The van der Waals surface area contributed by atoms with Gasteiger partial charge >= 0.3 is 0 Å². The zero-order valence-electron chi connectivity index (χ0n) is 13.8. The minimum absolute atomic E-state index is 0.151. The highest BCUT2D eigenvalue weighted by atomic mass is 35.5. The summed E-state index contributed by atoms with van der Waals surface area (Å²) in [7, 11) is -3.82. The molecule has 3 rings (SSSR count). The van der Waals surface area contributed by atoms with Crippen molar-refractivity contribution in [2.24, 2.45) is 5.16 Å². The van der Waals surface area contributed by atoms with Crippen molar-refractivity contribution in [3.8, 4) is 0 Å². The third-order valence-corrected chi connectivity index (χ3v) is 6.67. The summed E-state index contributed by atoms with van der Waals surface area (Å²) in [6, 6.07) is 5.07. The van der Waals surface area contributed by atoms with E-state index < -0.39 is 22.1 Å². The number of aromatic nitrogens is 2. The first-order valence-electron chi connectivity index (χ1n) is 8.00.